The van der Waals surface area contributed by atoms with E-state index in [-0.39, 0.29) is 5.56 Å². The van der Waals surface area contributed by atoms with Crippen molar-refractivity contribution < 1.29 is 9.47 Å². The Morgan fingerprint density at radius 3 is 2.63 bits per heavy atom. The Labute approximate surface area is 112 Å². The molecule has 0 aliphatic rings. The third kappa shape index (κ3) is 3.61. The predicted molar refractivity (Wildman–Crippen MR) is 73.8 cm³/mol. The van der Waals surface area contributed by atoms with Gasteiger partial charge in [-0.15, -0.1) is 0 Å². The van der Waals surface area contributed by atoms with Crippen LogP contribution in [0.3, 0.4) is 0 Å². The number of ether oxygens (including phenoxy) is 2. The molecule has 0 radical (unpaired) electrons. The molecule has 2 aromatic rings. The van der Waals surface area contributed by atoms with Crippen LogP contribution in [-0.2, 0) is 6.54 Å². The van der Waals surface area contributed by atoms with Gasteiger partial charge in [0, 0.05) is 12.7 Å². The third-order valence-corrected chi connectivity index (χ3v) is 2.76. The van der Waals surface area contributed by atoms with Crippen molar-refractivity contribution in [2.75, 3.05) is 13.7 Å². The van der Waals surface area contributed by atoms with Gasteiger partial charge in [0.25, 0.3) is 5.56 Å². The van der Waals surface area contributed by atoms with E-state index in [9.17, 15) is 4.79 Å². The lowest BCUT2D eigenvalue weighted by atomic mass is 10.3. The van der Waals surface area contributed by atoms with Crippen LogP contribution < -0.4 is 15.0 Å². The first-order valence-electron chi connectivity index (χ1n) is 6.22. The van der Waals surface area contributed by atoms with Gasteiger partial charge in [-0.3, -0.25) is 4.79 Å². The minimum Gasteiger partial charge on any atom is -0.494 e. The molecule has 1 aromatic heterocycles. The van der Waals surface area contributed by atoms with Crippen molar-refractivity contribution in [3.05, 3.63) is 59.0 Å². The van der Waals surface area contributed by atoms with E-state index in [1.54, 1.807) is 22.9 Å². The summed E-state index contributed by atoms with van der Waals surface area (Å²) in [5.41, 5.74) is -0.107. The van der Waals surface area contributed by atoms with Gasteiger partial charge in [0.2, 0.25) is 0 Å². The zero-order valence-electron chi connectivity index (χ0n) is 10.9. The second-order valence-corrected chi connectivity index (χ2v) is 4.09. The molecule has 0 fully saturated rings. The third-order valence-electron chi connectivity index (χ3n) is 2.76. The second kappa shape index (κ2) is 6.64. The fourth-order valence-electron chi connectivity index (χ4n) is 1.79. The van der Waals surface area contributed by atoms with E-state index >= 15 is 0 Å². The molecule has 0 N–H and O–H groups in total. The van der Waals surface area contributed by atoms with E-state index in [0.29, 0.717) is 18.9 Å². The lowest BCUT2D eigenvalue weighted by molar-refractivity contribution is 0.300. The van der Waals surface area contributed by atoms with E-state index < -0.39 is 0 Å². The number of hydrogen-bond donors (Lipinski definition) is 0. The highest BCUT2D eigenvalue weighted by atomic mass is 16.5. The molecule has 0 atom stereocenters. The van der Waals surface area contributed by atoms with Crippen LogP contribution in [-0.4, -0.2) is 18.3 Å². The number of methoxy groups -OCH3 is 1. The Kier molecular flexibility index (Phi) is 4.61. The van der Waals surface area contributed by atoms with Gasteiger partial charge in [-0.1, -0.05) is 18.2 Å². The summed E-state index contributed by atoms with van der Waals surface area (Å²) in [7, 11) is 1.50. The molecule has 0 bridgehead atoms. The number of rotatable bonds is 6. The van der Waals surface area contributed by atoms with Gasteiger partial charge in [-0.05, 0) is 30.7 Å². The van der Waals surface area contributed by atoms with Gasteiger partial charge >= 0.3 is 0 Å². The molecule has 0 saturated heterocycles. The molecule has 100 valence electrons. The van der Waals surface area contributed by atoms with Crippen LogP contribution in [0.1, 0.15) is 6.42 Å². The van der Waals surface area contributed by atoms with Crippen molar-refractivity contribution in [1.29, 1.82) is 0 Å². The van der Waals surface area contributed by atoms with E-state index in [1.165, 1.54) is 7.11 Å². The van der Waals surface area contributed by atoms with Crippen molar-refractivity contribution in [3.8, 4) is 11.5 Å². The van der Waals surface area contributed by atoms with E-state index in [4.69, 9.17) is 9.47 Å². The molecule has 0 amide bonds. The number of aromatic nitrogens is 1. The summed E-state index contributed by atoms with van der Waals surface area (Å²) in [6.07, 6.45) is 2.52. The number of benzene rings is 1. The van der Waals surface area contributed by atoms with Crippen LogP contribution in [0.2, 0.25) is 0 Å². The van der Waals surface area contributed by atoms with Gasteiger partial charge < -0.3 is 14.0 Å². The first-order chi connectivity index (χ1) is 9.31. The largest absolute Gasteiger partial charge is 0.494 e. The highest BCUT2D eigenvalue weighted by Crippen LogP contribution is 2.08. The Balaban J connectivity index is 1.85. The van der Waals surface area contributed by atoms with Gasteiger partial charge in [0.1, 0.15) is 5.75 Å². The molecule has 2 rings (SSSR count). The molecular weight excluding hydrogens is 242 g/mol. The summed E-state index contributed by atoms with van der Waals surface area (Å²) in [5, 5.41) is 0. The van der Waals surface area contributed by atoms with Gasteiger partial charge in [-0.25, -0.2) is 0 Å². The molecule has 19 heavy (non-hydrogen) atoms. The zero-order valence-corrected chi connectivity index (χ0v) is 10.9. The Bertz CT molecular complexity index is 563. The predicted octanol–water partition coefficient (Wildman–Crippen LogP) is 2.33. The first kappa shape index (κ1) is 13.2. The molecule has 0 saturated carbocycles. The summed E-state index contributed by atoms with van der Waals surface area (Å²) in [6.45, 7) is 1.19. The highest BCUT2D eigenvalue weighted by Gasteiger charge is 2.02. The number of nitrogens with zero attached hydrogens (tertiary/aromatic N) is 1. The van der Waals surface area contributed by atoms with Crippen LogP contribution >= 0.6 is 0 Å². The Morgan fingerprint density at radius 2 is 1.89 bits per heavy atom. The lowest BCUT2D eigenvalue weighted by Gasteiger charge is -2.08. The monoisotopic (exact) mass is 259 g/mol. The summed E-state index contributed by atoms with van der Waals surface area (Å²) in [5.74, 6) is 1.21. The first-order valence-corrected chi connectivity index (χ1v) is 6.22. The molecule has 4 nitrogen and oxygen atoms in total. The Hall–Kier alpha value is -2.23. The molecule has 4 heteroatoms. The van der Waals surface area contributed by atoms with Crippen molar-refractivity contribution >= 4 is 0 Å². The molecule has 1 aromatic carbocycles. The second-order valence-electron chi connectivity index (χ2n) is 4.09. The number of aryl methyl sites for hydroxylation is 1. The normalized spacial score (nSPS) is 10.2. The standard InChI is InChI=1S/C15H17NO3/c1-18-14-9-5-10-16(15(14)17)11-6-12-19-13-7-3-2-4-8-13/h2-5,7-10H,6,11-12H2,1H3. The van der Waals surface area contributed by atoms with Gasteiger partial charge in [0.15, 0.2) is 5.75 Å². The van der Waals surface area contributed by atoms with Crippen LogP contribution in [0.4, 0.5) is 0 Å². The summed E-state index contributed by atoms with van der Waals surface area (Å²) < 4.78 is 12.2. The maximum atomic E-state index is 11.9. The fourth-order valence-corrected chi connectivity index (χ4v) is 1.79. The quantitative estimate of drug-likeness (QED) is 0.747. The summed E-state index contributed by atoms with van der Waals surface area (Å²) in [6, 6.07) is 13.1. The molecule has 0 unspecified atom stereocenters. The average Bonchev–Trinajstić information content (AvgIpc) is 2.46. The molecule has 1 heterocycles. The van der Waals surface area contributed by atoms with Crippen LogP contribution in [0.25, 0.3) is 0 Å². The van der Waals surface area contributed by atoms with E-state index in [2.05, 4.69) is 0 Å². The lowest BCUT2D eigenvalue weighted by Crippen LogP contribution is -2.21. The maximum Gasteiger partial charge on any atom is 0.292 e. The topological polar surface area (TPSA) is 40.5 Å². The van der Waals surface area contributed by atoms with Crippen molar-refractivity contribution in [1.82, 2.24) is 4.57 Å². The van der Waals surface area contributed by atoms with Crippen molar-refractivity contribution in [2.45, 2.75) is 13.0 Å². The van der Waals surface area contributed by atoms with Crippen molar-refractivity contribution in [2.24, 2.45) is 0 Å². The van der Waals surface area contributed by atoms with Gasteiger partial charge in [-0.2, -0.15) is 0 Å². The zero-order chi connectivity index (χ0) is 13.5. The highest BCUT2D eigenvalue weighted by molar-refractivity contribution is 5.20. The Morgan fingerprint density at radius 1 is 1.11 bits per heavy atom. The minimum absolute atomic E-state index is 0.107. The average molecular weight is 259 g/mol. The summed E-state index contributed by atoms with van der Waals surface area (Å²) >= 11 is 0. The molecule has 0 aliphatic heterocycles. The van der Waals surface area contributed by atoms with Crippen molar-refractivity contribution in [3.63, 3.8) is 0 Å². The minimum atomic E-state index is -0.107. The van der Waals surface area contributed by atoms with Crippen LogP contribution in [0, 0.1) is 0 Å². The number of pyridine rings is 1. The number of hydrogen-bond acceptors (Lipinski definition) is 3. The van der Waals surface area contributed by atoms with Crippen LogP contribution in [0.15, 0.2) is 53.5 Å². The summed E-state index contributed by atoms with van der Waals surface area (Å²) in [4.78, 5) is 11.9. The molecule has 0 spiro atoms. The van der Waals surface area contributed by atoms with E-state index in [0.717, 1.165) is 12.2 Å². The fraction of sp³-hybridized carbons (Fsp3) is 0.267. The number of para-hydroxylation sites is 1. The maximum absolute atomic E-state index is 11.9. The molecule has 0 aliphatic carbocycles. The van der Waals surface area contributed by atoms with Crippen LogP contribution in [0.5, 0.6) is 11.5 Å². The smallest absolute Gasteiger partial charge is 0.292 e. The van der Waals surface area contributed by atoms with Gasteiger partial charge in [0.05, 0.1) is 13.7 Å². The SMILES string of the molecule is COc1cccn(CCCOc2ccccc2)c1=O. The van der Waals surface area contributed by atoms with E-state index in [1.807, 2.05) is 30.3 Å². The molecular formula is C15H17NO3.